The number of nitrogens with two attached hydrogens (primary N) is 1. The lowest BCUT2D eigenvalue weighted by Crippen LogP contribution is -2.00. The molecule has 0 aliphatic heterocycles. The fourth-order valence-electron chi connectivity index (χ4n) is 2.36. The minimum Gasteiger partial charge on any atom is -0.399 e. The summed E-state index contributed by atoms with van der Waals surface area (Å²) in [6.45, 7) is 3.18. The Morgan fingerprint density at radius 3 is 3.00 bits per heavy atom. The van der Waals surface area contributed by atoms with Crippen LogP contribution in [0.3, 0.4) is 0 Å². The van der Waals surface area contributed by atoms with E-state index in [1.807, 2.05) is 37.8 Å². The van der Waals surface area contributed by atoms with Crippen LogP contribution in [0.5, 0.6) is 0 Å². The van der Waals surface area contributed by atoms with E-state index in [0.717, 1.165) is 40.6 Å². The molecule has 3 rings (SSSR count). The predicted octanol–water partition coefficient (Wildman–Crippen LogP) is 3.05. The Kier molecular flexibility index (Phi) is 3.88. The Morgan fingerprint density at radius 1 is 1.33 bits per heavy atom. The highest BCUT2D eigenvalue weighted by Gasteiger charge is 2.10. The molecule has 0 radical (unpaired) electrons. The van der Waals surface area contributed by atoms with E-state index in [2.05, 4.69) is 26.0 Å². The smallest absolute Gasteiger partial charge is 0.169 e. The molecule has 0 saturated heterocycles. The maximum Gasteiger partial charge on any atom is 0.169 e. The molecule has 0 atom stereocenters. The largest absolute Gasteiger partial charge is 0.399 e. The van der Waals surface area contributed by atoms with Gasteiger partial charge in [0.15, 0.2) is 5.16 Å². The van der Waals surface area contributed by atoms with E-state index in [9.17, 15) is 0 Å². The summed E-state index contributed by atoms with van der Waals surface area (Å²) in [6.07, 6.45) is 4.94. The summed E-state index contributed by atoms with van der Waals surface area (Å²) < 4.78 is 4.30. The number of aryl methyl sites for hydroxylation is 2. The summed E-state index contributed by atoms with van der Waals surface area (Å²) in [4.78, 5) is 8.90. The summed E-state index contributed by atoms with van der Waals surface area (Å²) in [7, 11) is 2.03. The third-order valence-electron chi connectivity index (χ3n) is 3.48. The van der Waals surface area contributed by atoms with Crippen molar-refractivity contribution in [1.82, 2.24) is 19.1 Å². The normalized spacial score (nSPS) is 11.3. The second-order valence-electron chi connectivity index (χ2n) is 5.07. The molecule has 3 aromatic rings. The number of thioether (sulfide) groups is 1. The van der Waals surface area contributed by atoms with Crippen molar-refractivity contribution < 1.29 is 0 Å². The molecule has 2 heterocycles. The predicted molar refractivity (Wildman–Crippen MR) is 87.2 cm³/mol. The van der Waals surface area contributed by atoms with Gasteiger partial charge >= 0.3 is 0 Å². The zero-order chi connectivity index (χ0) is 14.8. The molecule has 2 N–H and O–H groups in total. The van der Waals surface area contributed by atoms with Gasteiger partial charge in [-0.1, -0.05) is 18.7 Å². The van der Waals surface area contributed by atoms with E-state index in [-0.39, 0.29) is 0 Å². The highest BCUT2D eigenvalue weighted by molar-refractivity contribution is 7.98. The number of nitrogens with zero attached hydrogens (tertiary/aromatic N) is 4. The number of imidazole rings is 2. The first-order valence-electron chi connectivity index (χ1n) is 7.02. The fraction of sp³-hybridized carbons (Fsp3) is 0.333. The maximum atomic E-state index is 5.85. The Bertz CT molecular complexity index is 759. The summed E-state index contributed by atoms with van der Waals surface area (Å²) >= 11 is 1.73. The number of aromatic nitrogens is 4. The molecule has 0 fully saturated rings. The number of rotatable bonds is 5. The lowest BCUT2D eigenvalue weighted by Gasteiger charge is -2.06. The van der Waals surface area contributed by atoms with E-state index in [1.54, 1.807) is 11.8 Å². The third kappa shape index (κ3) is 2.76. The molecule has 0 saturated carbocycles. The Morgan fingerprint density at radius 2 is 2.19 bits per heavy atom. The molecular formula is C15H19N5S. The molecule has 1 aromatic carbocycles. The van der Waals surface area contributed by atoms with Crippen LogP contribution in [-0.2, 0) is 19.3 Å². The SMILES string of the molecule is CCCn1cncc1CSc1nc2ccc(N)cc2n1C. The number of fused-ring (bicyclic) bond motifs is 1. The van der Waals surface area contributed by atoms with Crippen LogP contribution in [0.25, 0.3) is 11.0 Å². The van der Waals surface area contributed by atoms with E-state index >= 15 is 0 Å². The fourth-order valence-corrected chi connectivity index (χ4v) is 3.34. The van der Waals surface area contributed by atoms with E-state index < -0.39 is 0 Å². The molecule has 0 spiro atoms. The van der Waals surface area contributed by atoms with Gasteiger partial charge in [-0.3, -0.25) is 0 Å². The van der Waals surface area contributed by atoms with Crippen molar-refractivity contribution in [3.05, 3.63) is 36.4 Å². The van der Waals surface area contributed by atoms with Gasteiger partial charge in [0.25, 0.3) is 0 Å². The standard InChI is InChI=1S/C15H19N5S/c1-3-6-20-10-17-8-12(20)9-21-15-18-13-5-4-11(16)7-14(13)19(15)2/h4-5,7-8,10H,3,6,9,16H2,1-2H3. The Labute approximate surface area is 128 Å². The van der Waals surface area contributed by atoms with Crippen LogP contribution >= 0.6 is 11.8 Å². The van der Waals surface area contributed by atoms with Crippen LogP contribution < -0.4 is 5.73 Å². The van der Waals surface area contributed by atoms with Crippen LogP contribution in [0.2, 0.25) is 0 Å². The van der Waals surface area contributed by atoms with Gasteiger partial charge in [-0.25, -0.2) is 9.97 Å². The van der Waals surface area contributed by atoms with Gasteiger partial charge in [0.05, 0.1) is 17.4 Å². The van der Waals surface area contributed by atoms with Gasteiger partial charge in [0.2, 0.25) is 0 Å². The highest BCUT2D eigenvalue weighted by atomic mass is 32.2. The number of hydrogen-bond acceptors (Lipinski definition) is 4. The molecular weight excluding hydrogens is 282 g/mol. The molecule has 110 valence electrons. The summed E-state index contributed by atoms with van der Waals surface area (Å²) in [5, 5.41) is 1.000. The first-order valence-corrected chi connectivity index (χ1v) is 8.01. The van der Waals surface area contributed by atoms with Gasteiger partial charge in [0.1, 0.15) is 0 Å². The summed E-state index contributed by atoms with van der Waals surface area (Å²) in [6, 6.07) is 5.82. The molecule has 0 aliphatic rings. The molecule has 0 unspecified atom stereocenters. The highest BCUT2D eigenvalue weighted by Crippen LogP contribution is 2.26. The summed E-state index contributed by atoms with van der Waals surface area (Å²) in [5.41, 5.74) is 9.90. The minimum absolute atomic E-state index is 0.767. The average Bonchev–Trinajstić information content (AvgIpc) is 3.03. The van der Waals surface area contributed by atoms with Crippen molar-refractivity contribution >= 4 is 28.5 Å². The molecule has 2 aromatic heterocycles. The van der Waals surface area contributed by atoms with Gasteiger partial charge in [0, 0.05) is 36.9 Å². The lowest BCUT2D eigenvalue weighted by molar-refractivity contribution is 0.659. The number of nitrogen functional groups attached to an aromatic ring is 1. The van der Waals surface area contributed by atoms with Crippen molar-refractivity contribution in [2.45, 2.75) is 30.8 Å². The molecule has 0 amide bonds. The van der Waals surface area contributed by atoms with Crippen LogP contribution in [0.1, 0.15) is 19.0 Å². The van der Waals surface area contributed by atoms with Gasteiger partial charge < -0.3 is 14.9 Å². The van der Waals surface area contributed by atoms with Crippen molar-refractivity contribution in [3.63, 3.8) is 0 Å². The minimum atomic E-state index is 0.767. The topological polar surface area (TPSA) is 61.7 Å². The lowest BCUT2D eigenvalue weighted by atomic mass is 10.3. The quantitative estimate of drug-likeness (QED) is 0.581. The average molecular weight is 301 g/mol. The Hall–Kier alpha value is -1.95. The first kappa shape index (κ1) is 14.0. The van der Waals surface area contributed by atoms with Crippen molar-refractivity contribution in [2.75, 3.05) is 5.73 Å². The number of anilines is 1. The van der Waals surface area contributed by atoms with Crippen LogP contribution in [0.4, 0.5) is 5.69 Å². The number of benzene rings is 1. The molecule has 0 aliphatic carbocycles. The van der Waals surface area contributed by atoms with Crippen LogP contribution in [0.15, 0.2) is 35.9 Å². The van der Waals surface area contributed by atoms with E-state index in [0.29, 0.717) is 0 Å². The summed E-state index contributed by atoms with van der Waals surface area (Å²) in [5.74, 6) is 0.868. The van der Waals surface area contributed by atoms with Crippen LogP contribution in [-0.4, -0.2) is 19.1 Å². The number of hydrogen-bond donors (Lipinski definition) is 1. The maximum absolute atomic E-state index is 5.85. The zero-order valence-electron chi connectivity index (χ0n) is 12.3. The van der Waals surface area contributed by atoms with Crippen molar-refractivity contribution in [3.8, 4) is 0 Å². The molecule has 21 heavy (non-hydrogen) atoms. The molecule has 6 heteroatoms. The Balaban J connectivity index is 1.82. The van der Waals surface area contributed by atoms with Crippen LogP contribution in [0, 0.1) is 0 Å². The third-order valence-corrected chi connectivity index (χ3v) is 4.54. The second kappa shape index (κ2) is 5.81. The second-order valence-corrected chi connectivity index (χ2v) is 6.01. The van der Waals surface area contributed by atoms with Gasteiger partial charge in [-0.2, -0.15) is 0 Å². The van der Waals surface area contributed by atoms with E-state index in [4.69, 9.17) is 5.73 Å². The van der Waals surface area contributed by atoms with Crippen molar-refractivity contribution in [2.24, 2.45) is 7.05 Å². The van der Waals surface area contributed by atoms with E-state index in [1.165, 1.54) is 5.69 Å². The monoisotopic (exact) mass is 301 g/mol. The molecule has 5 nitrogen and oxygen atoms in total. The zero-order valence-corrected chi connectivity index (χ0v) is 13.1. The van der Waals surface area contributed by atoms with Gasteiger partial charge in [-0.05, 0) is 24.6 Å². The van der Waals surface area contributed by atoms with Gasteiger partial charge in [-0.15, -0.1) is 0 Å². The van der Waals surface area contributed by atoms with Crippen molar-refractivity contribution in [1.29, 1.82) is 0 Å². The first-order chi connectivity index (χ1) is 10.2. The molecule has 0 bridgehead atoms.